The van der Waals surface area contributed by atoms with Gasteiger partial charge in [-0.3, -0.25) is 0 Å². The highest BCUT2D eigenvalue weighted by molar-refractivity contribution is 5.20. The molecule has 2 saturated carbocycles. The summed E-state index contributed by atoms with van der Waals surface area (Å²) in [5, 5.41) is 0. The summed E-state index contributed by atoms with van der Waals surface area (Å²) in [5.41, 5.74) is 1.80. The molecule has 2 rings (SSSR count). The Balaban J connectivity index is 0.000000531. The Kier molecular flexibility index (Phi) is 6.15. The van der Waals surface area contributed by atoms with Gasteiger partial charge in [-0.1, -0.05) is 39.8 Å². The SMILES string of the molecule is C.C/C=C1/C2CCC(C2)C1CC.CC. The monoisotopic (exact) mass is 196 g/mol. The molecule has 2 bridgehead atoms. The molecule has 0 amide bonds. The first-order valence-corrected chi connectivity index (χ1v) is 6.03. The smallest absolute Gasteiger partial charge is 0.0175 e. The van der Waals surface area contributed by atoms with E-state index in [1.165, 1.54) is 25.7 Å². The molecular weight excluding hydrogens is 168 g/mol. The van der Waals surface area contributed by atoms with Crippen LogP contribution in [0.4, 0.5) is 0 Å². The van der Waals surface area contributed by atoms with Gasteiger partial charge < -0.3 is 0 Å². The predicted molar refractivity (Wildman–Crippen MR) is 66.4 cm³/mol. The van der Waals surface area contributed by atoms with Gasteiger partial charge in [-0.05, 0) is 50.4 Å². The van der Waals surface area contributed by atoms with Crippen molar-refractivity contribution in [3.8, 4) is 0 Å². The maximum Gasteiger partial charge on any atom is -0.0175 e. The molecular formula is C14H28. The third-order valence-corrected chi connectivity index (χ3v) is 3.71. The Labute approximate surface area is 90.8 Å². The van der Waals surface area contributed by atoms with Crippen molar-refractivity contribution in [2.45, 2.75) is 60.8 Å². The first kappa shape index (κ1) is 13.7. The minimum Gasteiger partial charge on any atom is -0.0879 e. The van der Waals surface area contributed by atoms with Gasteiger partial charge in [0.05, 0.1) is 0 Å². The molecule has 3 unspecified atom stereocenters. The van der Waals surface area contributed by atoms with E-state index in [9.17, 15) is 0 Å². The van der Waals surface area contributed by atoms with Gasteiger partial charge in [-0.25, -0.2) is 0 Å². The van der Waals surface area contributed by atoms with Crippen LogP contribution in [0.3, 0.4) is 0 Å². The van der Waals surface area contributed by atoms with Crippen LogP contribution in [0.1, 0.15) is 60.8 Å². The summed E-state index contributed by atoms with van der Waals surface area (Å²) >= 11 is 0. The van der Waals surface area contributed by atoms with E-state index >= 15 is 0 Å². The first-order valence-electron chi connectivity index (χ1n) is 6.03. The van der Waals surface area contributed by atoms with Gasteiger partial charge >= 0.3 is 0 Å². The summed E-state index contributed by atoms with van der Waals surface area (Å²) in [6.45, 7) is 8.56. The second-order valence-corrected chi connectivity index (χ2v) is 4.07. The van der Waals surface area contributed by atoms with Crippen molar-refractivity contribution in [1.29, 1.82) is 0 Å². The highest BCUT2D eigenvalue weighted by Crippen LogP contribution is 2.52. The third kappa shape index (κ3) is 2.21. The predicted octanol–water partition coefficient (Wildman–Crippen LogP) is 5.05. The number of fused-ring (bicyclic) bond motifs is 2. The average Bonchev–Trinajstić information content (AvgIpc) is 2.79. The fourth-order valence-corrected chi connectivity index (χ4v) is 3.28. The van der Waals surface area contributed by atoms with Crippen molar-refractivity contribution in [3.63, 3.8) is 0 Å². The quantitative estimate of drug-likeness (QED) is 0.515. The summed E-state index contributed by atoms with van der Waals surface area (Å²) in [4.78, 5) is 0. The Morgan fingerprint density at radius 3 is 2.36 bits per heavy atom. The highest BCUT2D eigenvalue weighted by Gasteiger charge is 2.41. The zero-order valence-electron chi connectivity index (χ0n) is 9.64. The molecule has 0 nitrogen and oxygen atoms in total. The molecule has 3 atom stereocenters. The molecule has 0 saturated heterocycles. The summed E-state index contributed by atoms with van der Waals surface area (Å²) < 4.78 is 0. The molecule has 0 spiro atoms. The van der Waals surface area contributed by atoms with Gasteiger partial charge in [-0.2, -0.15) is 0 Å². The normalized spacial score (nSPS) is 36.3. The van der Waals surface area contributed by atoms with E-state index in [4.69, 9.17) is 0 Å². The summed E-state index contributed by atoms with van der Waals surface area (Å²) in [5.74, 6) is 3.03. The lowest BCUT2D eigenvalue weighted by atomic mass is 9.82. The van der Waals surface area contributed by atoms with Crippen LogP contribution in [0.15, 0.2) is 11.6 Å². The number of rotatable bonds is 1. The lowest BCUT2D eigenvalue weighted by Gasteiger charge is -2.23. The van der Waals surface area contributed by atoms with Crippen molar-refractivity contribution >= 4 is 0 Å². The van der Waals surface area contributed by atoms with Crippen LogP contribution in [0.2, 0.25) is 0 Å². The van der Waals surface area contributed by atoms with Crippen molar-refractivity contribution in [1.82, 2.24) is 0 Å². The maximum absolute atomic E-state index is 2.39. The van der Waals surface area contributed by atoms with Gasteiger partial charge in [0.2, 0.25) is 0 Å². The summed E-state index contributed by atoms with van der Waals surface area (Å²) in [6.07, 6.45) is 8.28. The van der Waals surface area contributed by atoms with Crippen LogP contribution in [0, 0.1) is 17.8 Å². The van der Waals surface area contributed by atoms with Crippen LogP contribution in [-0.2, 0) is 0 Å². The van der Waals surface area contributed by atoms with Crippen LogP contribution in [0.25, 0.3) is 0 Å². The van der Waals surface area contributed by atoms with E-state index in [2.05, 4.69) is 19.9 Å². The lowest BCUT2D eigenvalue weighted by Crippen LogP contribution is -2.12. The molecule has 0 aliphatic heterocycles. The van der Waals surface area contributed by atoms with Crippen molar-refractivity contribution < 1.29 is 0 Å². The standard InChI is InChI=1S/C11H18.C2H6.CH4/c1-3-10-8-5-6-9(7-8)11(10)4-2;1-2;/h3,8-9,11H,4-7H2,1-2H3;1-2H3;1H4/b10-3-;;. The van der Waals surface area contributed by atoms with Gasteiger partial charge in [0.1, 0.15) is 0 Å². The largest absolute Gasteiger partial charge is 0.0879 e. The zero-order valence-corrected chi connectivity index (χ0v) is 9.64. The third-order valence-electron chi connectivity index (χ3n) is 3.71. The van der Waals surface area contributed by atoms with Crippen molar-refractivity contribution in [3.05, 3.63) is 11.6 Å². The van der Waals surface area contributed by atoms with Crippen LogP contribution < -0.4 is 0 Å². The molecule has 0 aromatic rings. The molecule has 14 heavy (non-hydrogen) atoms. The fourth-order valence-electron chi connectivity index (χ4n) is 3.28. The van der Waals surface area contributed by atoms with Gasteiger partial charge in [-0.15, -0.1) is 0 Å². The van der Waals surface area contributed by atoms with E-state index in [1.54, 1.807) is 5.57 Å². The molecule has 0 radical (unpaired) electrons. The topological polar surface area (TPSA) is 0 Å². The number of hydrogen-bond acceptors (Lipinski definition) is 0. The average molecular weight is 196 g/mol. The molecule has 84 valence electrons. The highest BCUT2D eigenvalue weighted by atomic mass is 14.5. The maximum atomic E-state index is 2.39. The zero-order chi connectivity index (χ0) is 9.84. The summed E-state index contributed by atoms with van der Waals surface area (Å²) in [6, 6.07) is 0. The molecule has 0 heteroatoms. The Morgan fingerprint density at radius 1 is 1.29 bits per heavy atom. The Morgan fingerprint density at radius 2 is 1.93 bits per heavy atom. The molecule has 2 fully saturated rings. The molecule has 2 aliphatic rings. The Bertz CT molecular complexity index is 178. The lowest BCUT2D eigenvalue weighted by molar-refractivity contribution is 0.395. The van der Waals surface area contributed by atoms with E-state index in [0.29, 0.717) is 0 Å². The van der Waals surface area contributed by atoms with Gasteiger partial charge in [0.15, 0.2) is 0 Å². The number of hydrogen-bond donors (Lipinski definition) is 0. The second kappa shape index (κ2) is 6.27. The van der Waals surface area contributed by atoms with Gasteiger partial charge in [0, 0.05) is 0 Å². The second-order valence-electron chi connectivity index (χ2n) is 4.07. The van der Waals surface area contributed by atoms with Crippen molar-refractivity contribution in [2.75, 3.05) is 0 Å². The van der Waals surface area contributed by atoms with E-state index in [0.717, 1.165) is 17.8 Å². The van der Waals surface area contributed by atoms with Crippen LogP contribution in [0.5, 0.6) is 0 Å². The first-order chi connectivity index (χ1) is 6.36. The molecule has 0 heterocycles. The summed E-state index contributed by atoms with van der Waals surface area (Å²) in [7, 11) is 0. The molecule has 0 N–H and O–H groups in total. The van der Waals surface area contributed by atoms with Crippen LogP contribution >= 0.6 is 0 Å². The Hall–Kier alpha value is -0.260. The molecule has 2 aliphatic carbocycles. The van der Waals surface area contributed by atoms with Crippen molar-refractivity contribution in [2.24, 2.45) is 17.8 Å². The molecule has 0 aromatic carbocycles. The van der Waals surface area contributed by atoms with E-state index in [1.807, 2.05) is 13.8 Å². The fraction of sp³-hybridized carbons (Fsp3) is 0.857. The van der Waals surface area contributed by atoms with E-state index < -0.39 is 0 Å². The van der Waals surface area contributed by atoms with Gasteiger partial charge in [0.25, 0.3) is 0 Å². The molecule has 0 aromatic heterocycles. The van der Waals surface area contributed by atoms with E-state index in [-0.39, 0.29) is 7.43 Å². The minimum absolute atomic E-state index is 0. The number of allylic oxidation sites excluding steroid dienone is 2. The minimum atomic E-state index is 0. The van der Waals surface area contributed by atoms with Crippen LogP contribution in [-0.4, -0.2) is 0 Å².